The van der Waals surface area contributed by atoms with Crippen LogP contribution in [-0.2, 0) is 16.1 Å². The number of nitrogens with zero attached hydrogens (tertiary/aromatic N) is 2. The van der Waals surface area contributed by atoms with Gasteiger partial charge in [-0.05, 0) is 54.6 Å². The highest BCUT2D eigenvalue weighted by Gasteiger charge is 2.42. The van der Waals surface area contributed by atoms with Gasteiger partial charge in [0.1, 0.15) is 12.1 Å². The fourth-order valence-corrected chi connectivity index (χ4v) is 4.21. The van der Waals surface area contributed by atoms with Crippen LogP contribution in [0.4, 0.5) is 5.69 Å². The van der Waals surface area contributed by atoms with Crippen molar-refractivity contribution < 1.29 is 28.8 Å². The van der Waals surface area contributed by atoms with Gasteiger partial charge in [-0.15, -0.1) is 0 Å². The first-order valence-electron chi connectivity index (χ1n) is 10.7. The predicted molar refractivity (Wildman–Crippen MR) is 119 cm³/mol. The molecule has 2 N–H and O–H groups in total. The second kappa shape index (κ2) is 7.75. The molecule has 0 radical (unpaired) electrons. The van der Waals surface area contributed by atoms with Crippen molar-refractivity contribution in [3.05, 3.63) is 72.3 Å². The molecule has 1 atom stereocenters. The van der Waals surface area contributed by atoms with Crippen molar-refractivity contribution in [1.82, 2.24) is 4.98 Å². The maximum absolute atomic E-state index is 13.0. The molecule has 164 valence electrons. The third-order valence-corrected chi connectivity index (χ3v) is 5.92. The molecule has 2 aliphatic heterocycles. The number of carbonyl (C=O) groups excluding carboxylic acids is 2. The Balaban J connectivity index is 1.16. The Labute approximate surface area is 188 Å². The molecule has 2 amide bonds. The van der Waals surface area contributed by atoms with Crippen LogP contribution in [0.25, 0.3) is 22.6 Å². The van der Waals surface area contributed by atoms with Crippen molar-refractivity contribution in [1.29, 1.82) is 0 Å². The SMILES string of the molecule is O=C1CC([NH2+]Cc2ccc3c(c2)OCO3)C(=O)N1c1ccc(-c2nc3ccccc3o2)cc1. The third kappa shape index (κ3) is 3.50. The van der Waals surface area contributed by atoms with Gasteiger partial charge in [0.15, 0.2) is 23.1 Å². The van der Waals surface area contributed by atoms with E-state index in [4.69, 9.17) is 13.9 Å². The number of hydrogen-bond donors (Lipinski definition) is 1. The summed E-state index contributed by atoms with van der Waals surface area (Å²) in [5.74, 6) is 1.50. The summed E-state index contributed by atoms with van der Waals surface area (Å²) in [5.41, 5.74) is 3.81. The maximum atomic E-state index is 13.0. The fraction of sp³-hybridized carbons (Fsp3) is 0.160. The summed E-state index contributed by atoms with van der Waals surface area (Å²) >= 11 is 0. The van der Waals surface area contributed by atoms with Crippen LogP contribution in [0.5, 0.6) is 11.5 Å². The van der Waals surface area contributed by atoms with E-state index in [1.165, 1.54) is 4.90 Å². The zero-order valence-electron chi connectivity index (χ0n) is 17.6. The Bertz CT molecular complexity index is 1350. The minimum Gasteiger partial charge on any atom is -0.454 e. The lowest BCUT2D eigenvalue weighted by Crippen LogP contribution is -2.90. The molecule has 8 nitrogen and oxygen atoms in total. The van der Waals surface area contributed by atoms with E-state index in [0.29, 0.717) is 29.5 Å². The standard InChI is InChI=1S/C25H19N3O5/c29-23-12-19(26-13-15-5-10-21-22(11-15)32-14-31-21)25(30)28(23)17-8-6-16(7-9-17)24-27-18-3-1-2-4-20(18)33-24/h1-11,19,26H,12-14H2/p+1. The zero-order valence-corrected chi connectivity index (χ0v) is 17.6. The number of quaternary nitrogens is 1. The molecular weight excluding hydrogens is 422 g/mol. The van der Waals surface area contributed by atoms with Gasteiger partial charge in [0.05, 0.1) is 12.1 Å². The van der Waals surface area contributed by atoms with Gasteiger partial charge in [0.25, 0.3) is 5.91 Å². The van der Waals surface area contributed by atoms with Gasteiger partial charge in [-0.1, -0.05) is 12.1 Å². The average molecular weight is 442 g/mol. The number of para-hydroxylation sites is 2. The highest BCUT2D eigenvalue weighted by atomic mass is 16.7. The zero-order chi connectivity index (χ0) is 22.4. The normalized spacial score (nSPS) is 17.3. The molecule has 0 saturated carbocycles. The van der Waals surface area contributed by atoms with Crippen molar-refractivity contribution in [3.63, 3.8) is 0 Å². The highest BCUT2D eigenvalue weighted by molar-refractivity contribution is 6.21. The van der Waals surface area contributed by atoms with Gasteiger partial charge in [0, 0.05) is 11.1 Å². The number of oxazole rings is 1. The minimum absolute atomic E-state index is 0.163. The molecule has 3 heterocycles. The number of fused-ring (bicyclic) bond motifs is 2. The summed E-state index contributed by atoms with van der Waals surface area (Å²) in [7, 11) is 0. The quantitative estimate of drug-likeness (QED) is 0.477. The lowest BCUT2D eigenvalue weighted by atomic mass is 10.1. The summed E-state index contributed by atoms with van der Waals surface area (Å²) in [6.07, 6.45) is 0.163. The molecule has 8 heteroatoms. The maximum Gasteiger partial charge on any atom is 0.292 e. The molecule has 0 spiro atoms. The van der Waals surface area contributed by atoms with E-state index in [2.05, 4.69) is 4.98 Å². The van der Waals surface area contributed by atoms with Gasteiger partial charge >= 0.3 is 0 Å². The van der Waals surface area contributed by atoms with E-state index < -0.39 is 6.04 Å². The number of benzene rings is 3. The van der Waals surface area contributed by atoms with E-state index in [1.54, 1.807) is 12.1 Å². The van der Waals surface area contributed by atoms with Crippen molar-refractivity contribution in [2.45, 2.75) is 19.0 Å². The van der Waals surface area contributed by atoms with Crippen molar-refractivity contribution >= 4 is 28.6 Å². The molecule has 1 aromatic heterocycles. The number of nitrogens with two attached hydrogens (primary N) is 1. The molecule has 1 fully saturated rings. The summed E-state index contributed by atoms with van der Waals surface area (Å²) < 4.78 is 16.5. The highest BCUT2D eigenvalue weighted by Crippen LogP contribution is 2.32. The van der Waals surface area contributed by atoms with Crippen LogP contribution < -0.4 is 19.7 Å². The van der Waals surface area contributed by atoms with Crippen LogP contribution >= 0.6 is 0 Å². The Kier molecular flexibility index (Phi) is 4.58. The predicted octanol–water partition coefficient (Wildman–Crippen LogP) is 2.62. The smallest absolute Gasteiger partial charge is 0.292 e. The number of rotatable bonds is 5. The largest absolute Gasteiger partial charge is 0.454 e. The van der Waals surface area contributed by atoms with Gasteiger partial charge in [-0.2, -0.15) is 0 Å². The number of anilines is 1. The van der Waals surface area contributed by atoms with Crippen LogP contribution in [0.1, 0.15) is 12.0 Å². The van der Waals surface area contributed by atoms with Gasteiger partial charge in [-0.3, -0.25) is 9.59 Å². The summed E-state index contributed by atoms with van der Waals surface area (Å²) in [5, 5.41) is 1.89. The molecule has 1 saturated heterocycles. The van der Waals surface area contributed by atoms with Crippen molar-refractivity contribution in [2.75, 3.05) is 11.7 Å². The number of imide groups is 1. The number of hydrogen-bond acceptors (Lipinski definition) is 6. The van der Waals surface area contributed by atoms with E-state index in [0.717, 1.165) is 22.4 Å². The van der Waals surface area contributed by atoms with Gasteiger partial charge in [0.2, 0.25) is 18.6 Å². The average Bonchev–Trinajstić information content (AvgIpc) is 3.54. The number of ether oxygens (including phenoxy) is 2. The molecule has 1 unspecified atom stereocenters. The van der Waals surface area contributed by atoms with Gasteiger partial charge in [-0.25, -0.2) is 9.88 Å². The molecule has 0 bridgehead atoms. The molecule has 2 aliphatic rings. The Morgan fingerprint density at radius 3 is 2.64 bits per heavy atom. The van der Waals surface area contributed by atoms with Crippen LogP contribution in [0, 0.1) is 0 Å². The lowest BCUT2D eigenvalue weighted by Gasteiger charge is -2.14. The topological polar surface area (TPSA) is 98.5 Å². The number of carbonyl (C=O) groups is 2. The summed E-state index contributed by atoms with van der Waals surface area (Å²) in [6.45, 7) is 0.781. The Morgan fingerprint density at radius 2 is 1.79 bits per heavy atom. The second-order valence-corrected chi connectivity index (χ2v) is 8.04. The third-order valence-electron chi connectivity index (χ3n) is 5.92. The first-order chi connectivity index (χ1) is 16.2. The number of amides is 2. The molecule has 4 aromatic rings. The summed E-state index contributed by atoms with van der Waals surface area (Å²) in [6, 6.07) is 19.9. The molecule has 3 aromatic carbocycles. The molecule has 33 heavy (non-hydrogen) atoms. The van der Waals surface area contributed by atoms with Crippen LogP contribution in [-0.4, -0.2) is 29.6 Å². The monoisotopic (exact) mass is 442 g/mol. The van der Waals surface area contributed by atoms with E-state index >= 15 is 0 Å². The molecule has 0 aliphatic carbocycles. The van der Waals surface area contributed by atoms with Crippen LogP contribution in [0.3, 0.4) is 0 Å². The van der Waals surface area contributed by atoms with Crippen LogP contribution in [0.15, 0.2) is 71.1 Å². The van der Waals surface area contributed by atoms with Crippen molar-refractivity contribution in [2.24, 2.45) is 0 Å². The van der Waals surface area contributed by atoms with Crippen LogP contribution in [0.2, 0.25) is 0 Å². The Morgan fingerprint density at radius 1 is 0.970 bits per heavy atom. The van der Waals surface area contributed by atoms with Gasteiger partial charge < -0.3 is 19.2 Å². The number of aromatic nitrogens is 1. The first-order valence-corrected chi connectivity index (χ1v) is 10.7. The molecule has 6 rings (SSSR count). The second-order valence-electron chi connectivity index (χ2n) is 8.04. The van der Waals surface area contributed by atoms with Crippen molar-refractivity contribution in [3.8, 4) is 23.0 Å². The van der Waals surface area contributed by atoms with E-state index in [9.17, 15) is 9.59 Å². The van der Waals surface area contributed by atoms with E-state index in [1.807, 2.05) is 59.9 Å². The fourth-order valence-electron chi connectivity index (χ4n) is 4.21. The molecular formula is C25H20N3O5+. The Hall–Kier alpha value is -4.17. The minimum atomic E-state index is -0.459. The summed E-state index contributed by atoms with van der Waals surface area (Å²) in [4.78, 5) is 31.4. The first kappa shape index (κ1) is 19.5. The lowest BCUT2D eigenvalue weighted by molar-refractivity contribution is -0.690. The van der Waals surface area contributed by atoms with E-state index in [-0.39, 0.29) is 25.0 Å².